The lowest BCUT2D eigenvalue weighted by molar-refractivity contribution is 0.111. The van der Waals surface area contributed by atoms with Gasteiger partial charge in [0.15, 0.2) is 0 Å². The highest BCUT2D eigenvalue weighted by Crippen LogP contribution is 2.30. The number of carbonyl (C=O) groups excluding carboxylic acids is 2. The predicted octanol–water partition coefficient (Wildman–Crippen LogP) is 6.56. The van der Waals surface area contributed by atoms with Gasteiger partial charge in [0.1, 0.15) is 12.6 Å². The van der Waals surface area contributed by atoms with E-state index in [0.29, 0.717) is 11.1 Å². The third kappa shape index (κ3) is 4.47. The van der Waals surface area contributed by atoms with Crippen LogP contribution in [-0.2, 0) is 6.54 Å². The molecule has 3 heteroatoms. The second kappa shape index (κ2) is 9.50. The maximum absolute atomic E-state index is 11.2. The molecule has 0 unspecified atom stereocenters. The van der Waals surface area contributed by atoms with Gasteiger partial charge in [-0.15, -0.1) is 0 Å². The highest BCUT2D eigenvalue weighted by atomic mass is 16.1. The SMILES string of the molecule is CCCCCCCCCCn1c2ccc(C=O)cc2c2cc(C=O)ccc21. The molecular formula is C24H29NO2. The fourth-order valence-electron chi connectivity index (χ4n) is 3.93. The van der Waals surface area contributed by atoms with E-state index in [-0.39, 0.29) is 0 Å². The second-order valence-electron chi connectivity index (χ2n) is 7.42. The summed E-state index contributed by atoms with van der Waals surface area (Å²) in [5.41, 5.74) is 3.62. The Balaban J connectivity index is 1.77. The number of carbonyl (C=O) groups is 2. The first-order valence-electron chi connectivity index (χ1n) is 10.2. The first-order chi connectivity index (χ1) is 13.3. The third-order valence-electron chi connectivity index (χ3n) is 5.42. The molecule has 3 rings (SSSR count). The van der Waals surface area contributed by atoms with E-state index in [4.69, 9.17) is 0 Å². The van der Waals surface area contributed by atoms with E-state index in [1.165, 1.54) is 44.9 Å². The van der Waals surface area contributed by atoms with E-state index in [9.17, 15) is 9.59 Å². The molecule has 3 aromatic rings. The van der Waals surface area contributed by atoms with E-state index >= 15 is 0 Å². The molecule has 0 aliphatic rings. The average molecular weight is 364 g/mol. The number of hydrogen-bond donors (Lipinski definition) is 0. The van der Waals surface area contributed by atoms with Gasteiger partial charge in [-0.2, -0.15) is 0 Å². The quantitative estimate of drug-likeness (QED) is 0.286. The summed E-state index contributed by atoms with van der Waals surface area (Å²) in [4.78, 5) is 22.4. The Hall–Kier alpha value is -2.42. The van der Waals surface area contributed by atoms with Crippen LogP contribution in [0.3, 0.4) is 0 Å². The molecule has 27 heavy (non-hydrogen) atoms. The number of aromatic nitrogens is 1. The van der Waals surface area contributed by atoms with Crippen LogP contribution in [0.2, 0.25) is 0 Å². The van der Waals surface area contributed by atoms with E-state index in [1.54, 1.807) is 0 Å². The summed E-state index contributed by atoms with van der Waals surface area (Å²) in [6.07, 6.45) is 12.1. The van der Waals surface area contributed by atoms with E-state index in [1.807, 2.05) is 36.4 Å². The Labute approximate surface area is 161 Å². The van der Waals surface area contributed by atoms with Crippen molar-refractivity contribution >= 4 is 34.4 Å². The second-order valence-corrected chi connectivity index (χ2v) is 7.42. The number of aldehydes is 2. The van der Waals surface area contributed by atoms with Crippen molar-refractivity contribution in [3.63, 3.8) is 0 Å². The molecule has 1 heterocycles. The summed E-state index contributed by atoms with van der Waals surface area (Å²) in [5, 5.41) is 2.11. The summed E-state index contributed by atoms with van der Waals surface area (Å²) in [5.74, 6) is 0. The van der Waals surface area contributed by atoms with Gasteiger partial charge in [-0.1, -0.05) is 51.9 Å². The van der Waals surface area contributed by atoms with Crippen molar-refractivity contribution in [1.82, 2.24) is 4.57 Å². The molecule has 3 nitrogen and oxygen atoms in total. The number of benzene rings is 2. The first kappa shape index (κ1) is 19.3. The van der Waals surface area contributed by atoms with Gasteiger partial charge in [0, 0.05) is 39.5 Å². The standard InChI is InChI=1S/C24H29NO2/c1-2-3-4-5-6-7-8-9-14-25-23-12-10-19(17-26)15-21(23)22-16-20(18-27)11-13-24(22)25/h10-13,15-18H,2-9,14H2,1H3. The Kier molecular flexibility index (Phi) is 6.80. The molecule has 0 spiro atoms. The van der Waals surface area contributed by atoms with E-state index < -0.39 is 0 Å². The van der Waals surface area contributed by atoms with Crippen LogP contribution in [0.5, 0.6) is 0 Å². The molecule has 0 aliphatic carbocycles. The largest absolute Gasteiger partial charge is 0.340 e. The maximum atomic E-state index is 11.2. The smallest absolute Gasteiger partial charge is 0.150 e. The molecule has 0 aliphatic heterocycles. The minimum Gasteiger partial charge on any atom is -0.340 e. The lowest BCUT2D eigenvalue weighted by Gasteiger charge is -2.08. The van der Waals surface area contributed by atoms with Crippen LogP contribution in [0.1, 0.15) is 79.0 Å². The van der Waals surface area contributed by atoms with Crippen LogP contribution in [-0.4, -0.2) is 17.1 Å². The van der Waals surface area contributed by atoms with Gasteiger partial charge in [0.05, 0.1) is 0 Å². The van der Waals surface area contributed by atoms with Gasteiger partial charge < -0.3 is 4.57 Å². The Morgan fingerprint density at radius 1 is 0.704 bits per heavy atom. The number of unbranched alkanes of at least 4 members (excludes halogenated alkanes) is 7. The minimum atomic E-state index is 0.671. The van der Waals surface area contributed by atoms with Crippen molar-refractivity contribution in [1.29, 1.82) is 0 Å². The Morgan fingerprint density at radius 2 is 1.19 bits per heavy atom. The Morgan fingerprint density at radius 3 is 1.67 bits per heavy atom. The van der Waals surface area contributed by atoms with Gasteiger partial charge in [0.2, 0.25) is 0 Å². The fraction of sp³-hybridized carbons (Fsp3) is 0.417. The van der Waals surface area contributed by atoms with Crippen molar-refractivity contribution in [3.05, 3.63) is 47.5 Å². The van der Waals surface area contributed by atoms with Gasteiger partial charge in [-0.3, -0.25) is 9.59 Å². The highest BCUT2D eigenvalue weighted by molar-refractivity contribution is 6.10. The molecular weight excluding hydrogens is 334 g/mol. The zero-order chi connectivity index (χ0) is 19.1. The van der Waals surface area contributed by atoms with Gasteiger partial charge in [-0.25, -0.2) is 0 Å². The zero-order valence-corrected chi connectivity index (χ0v) is 16.2. The van der Waals surface area contributed by atoms with Crippen LogP contribution >= 0.6 is 0 Å². The summed E-state index contributed by atoms with van der Waals surface area (Å²) >= 11 is 0. The summed E-state index contributed by atoms with van der Waals surface area (Å²) in [7, 11) is 0. The highest BCUT2D eigenvalue weighted by Gasteiger charge is 2.11. The minimum absolute atomic E-state index is 0.671. The molecule has 0 radical (unpaired) electrons. The molecule has 0 N–H and O–H groups in total. The van der Waals surface area contributed by atoms with Crippen molar-refractivity contribution in [2.45, 2.75) is 64.8 Å². The molecule has 0 saturated carbocycles. The van der Waals surface area contributed by atoms with Crippen molar-refractivity contribution < 1.29 is 9.59 Å². The lowest BCUT2D eigenvalue weighted by Crippen LogP contribution is -1.98. The number of fused-ring (bicyclic) bond motifs is 3. The summed E-state index contributed by atoms with van der Waals surface area (Å²) < 4.78 is 2.34. The number of rotatable bonds is 11. The van der Waals surface area contributed by atoms with Crippen molar-refractivity contribution in [2.75, 3.05) is 0 Å². The molecule has 0 fully saturated rings. The van der Waals surface area contributed by atoms with E-state index in [0.717, 1.165) is 47.3 Å². The third-order valence-corrected chi connectivity index (χ3v) is 5.42. The molecule has 142 valence electrons. The number of aryl methyl sites for hydroxylation is 1. The van der Waals surface area contributed by atoms with Gasteiger partial charge >= 0.3 is 0 Å². The summed E-state index contributed by atoms with van der Waals surface area (Å²) in [6.45, 7) is 3.22. The molecule has 0 atom stereocenters. The Bertz CT molecular complexity index is 858. The average Bonchev–Trinajstić information content (AvgIpc) is 3.02. The van der Waals surface area contributed by atoms with Gasteiger partial charge in [0.25, 0.3) is 0 Å². The van der Waals surface area contributed by atoms with Gasteiger partial charge in [-0.05, 0) is 42.8 Å². The molecule has 0 saturated heterocycles. The molecule has 0 amide bonds. The lowest BCUT2D eigenvalue weighted by atomic mass is 10.1. The van der Waals surface area contributed by atoms with Crippen LogP contribution in [0, 0.1) is 0 Å². The maximum Gasteiger partial charge on any atom is 0.150 e. The number of hydrogen-bond acceptors (Lipinski definition) is 2. The van der Waals surface area contributed by atoms with Crippen LogP contribution in [0.4, 0.5) is 0 Å². The predicted molar refractivity (Wildman–Crippen MR) is 113 cm³/mol. The molecule has 2 aromatic carbocycles. The van der Waals surface area contributed by atoms with Crippen molar-refractivity contribution in [3.8, 4) is 0 Å². The topological polar surface area (TPSA) is 39.1 Å². The van der Waals surface area contributed by atoms with Crippen LogP contribution in [0.25, 0.3) is 21.8 Å². The normalized spacial score (nSPS) is 11.3. The zero-order valence-electron chi connectivity index (χ0n) is 16.2. The van der Waals surface area contributed by atoms with Crippen molar-refractivity contribution in [2.24, 2.45) is 0 Å². The van der Waals surface area contributed by atoms with Crippen LogP contribution < -0.4 is 0 Å². The number of nitrogens with zero attached hydrogens (tertiary/aromatic N) is 1. The van der Waals surface area contributed by atoms with E-state index in [2.05, 4.69) is 11.5 Å². The summed E-state index contributed by atoms with van der Waals surface area (Å²) in [6, 6.07) is 11.7. The molecule has 1 aromatic heterocycles. The molecule has 0 bridgehead atoms. The first-order valence-corrected chi connectivity index (χ1v) is 10.2. The fourth-order valence-corrected chi connectivity index (χ4v) is 3.93. The van der Waals surface area contributed by atoms with Crippen LogP contribution in [0.15, 0.2) is 36.4 Å². The monoisotopic (exact) mass is 363 g/mol.